The van der Waals surface area contributed by atoms with E-state index in [0.29, 0.717) is 6.10 Å². The van der Waals surface area contributed by atoms with E-state index in [1.54, 1.807) is 0 Å². The fraction of sp³-hybridized carbons (Fsp3) is 0.857. The summed E-state index contributed by atoms with van der Waals surface area (Å²) in [6.07, 6.45) is 23.3. The van der Waals surface area contributed by atoms with E-state index < -0.39 is 0 Å². The Bertz CT molecular complexity index is 351. The smallest absolute Gasteiger partial charge is 0.0945 e. The van der Waals surface area contributed by atoms with Gasteiger partial charge >= 0.3 is 0 Å². The van der Waals surface area contributed by atoms with Gasteiger partial charge in [0, 0.05) is 25.5 Å². The SMILES string of the molecule is CCCCCCCCCC(CCn1ccnc1)OCCCCCC. The number of rotatable bonds is 17. The third kappa shape index (κ3) is 11.7. The lowest BCUT2D eigenvalue weighted by molar-refractivity contribution is 0.0347. The van der Waals surface area contributed by atoms with Crippen molar-refractivity contribution in [2.75, 3.05) is 6.61 Å². The zero-order valence-corrected chi connectivity index (χ0v) is 16.2. The molecular formula is C21H40N2O. The molecule has 0 aliphatic carbocycles. The van der Waals surface area contributed by atoms with Crippen LogP contribution in [-0.4, -0.2) is 22.3 Å². The van der Waals surface area contributed by atoms with Crippen molar-refractivity contribution >= 4 is 0 Å². The fourth-order valence-electron chi connectivity index (χ4n) is 3.13. The molecule has 3 heteroatoms. The molecule has 0 bridgehead atoms. The molecule has 1 atom stereocenters. The van der Waals surface area contributed by atoms with Crippen LogP contribution in [0.1, 0.15) is 97.3 Å². The second kappa shape index (κ2) is 15.7. The van der Waals surface area contributed by atoms with Crippen molar-refractivity contribution < 1.29 is 4.74 Å². The summed E-state index contributed by atoms with van der Waals surface area (Å²) in [5.74, 6) is 0. The molecule has 0 spiro atoms. The highest BCUT2D eigenvalue weighted by Crippen LogP contribution is 2.15. The molecule has 140 valence electrons. The number of aryl methyl sites for hydroxylation is 1. The topological polar surface area (TPSA) is 27.1 Å². The van der Waals surface area contributed by atoms with E-state index in [1.165, 1.54) is 77.0 Å². The summed E-state index contributed by atoms with van der Waals surface area (Å²) in [7, 11) is 0. The maximum Gasteiger partial charge on any atom is 0.0945 e. The van der Waals surface area contributed by atoms with E-state index in [9.17, 15) is 0 Å². The van der Waals surface area contributed by atoms with Crippen molar-refractivity contribution in [1.82, 2.24) is 9.55 Å². The second-order valence-corrected chi connectivity index (χ2v) is 7.05. The molecule has 0 aliphatic rings. The molecule has 3 nitrogen and oxygen atoms in total. The average Bonchev–Trinajstić information content (AvgIpc) is 3.11. The van der Waals surface area contributed by atoms with Crippen LogP contribution in [0.25, 0.3) is 0 Å². The highest BCUT2D eigenvalue weighted by Gasteiger charge is 2.09. The van der Waals surface area contributed by atoms with Gasteiger partial charge in [-0.3, -0.25) is 0 Å². The summed E-state index contributed by atoms with van der Waals surface area (Å²) in [4.78, 5) is 4.13. The summed E-state index contributed by atoms with van der Waals surface area (Å²) >= 11 is 0. The minimum atomic E-state index is 0.421. The van der Waals surface area contributed by atoms with E-state index in [0.717, 1.165) is 19.6 Å². The van der Waals surface area contributed by atoms with E-state index in [2.05, 4.69) is 23.4 Å². The third-order valence-electron chi connectivity index (χ3n) is 4.75. The first-order valence-electron chi connectivity index (χ1n) is 10.4. The van der Waals surface area contributed by atoms with Crippen LogP contribution in [0.2, 0.25) is 0 Å². The van der Waals surface area contributed by atoms with Gasteiger partial charge < -0.3 is 9.30 Å². The van der Waals surface area contributed by atoms with E-state index in [1.807, 2.05) is 18.7 Å². The predicted molar refractivity (Wildman–Crippen MR) is 103 cm³/mol. The van der Waals surface area contributed by atoms with Gasteiger partial charge in [-0.05, 0) is 19.3 Å². The van der Waals surface area contributed by atoms with Crippen molar-refractivity contribution in [2.24, 2.45) is 0 Å². The van der Waals surface area contributed by atoms with Crippen LogP contribution in [0.4, 0.5) is 0 Å². The molecule has 0 aliphatic heterocycles. The van der Waals surface area contributed by atoms with Crippen LogP contribution in [0, 0.1) is 0 Å². The lowest BCUT2D eigenvalue weighted by atomic mass is 10.0. The van der Waals surface area contributed by atoms with Crippen molar-refractivity contribution in [1.29, 1.82) is 0 Å². The maximum atomic E-state index is 6.20. The summed E-state index contributed by atoms with van der Waals surface area (Å²) in [6, 6.07) is 0. The molecule has 0 saturated carbocycles. The first kappa shape index (κ1) is 21.2. The first-order chi connectivity index (χ1) is 11.9. The molecule has 1 unspecified atom stereocenters. The van der Waals surface area contributed by atoms with Gasteiger partial charge in [0.15, 0.2) is 0 Å². The van der Waals surface area contributed by atoms with Crippen LogP contribution in [-0.2, 0) is 11.3 Å². The van der Waals surface area contributed by atoms with Gasteiger partial charge in [-0.2, -0.15) is 0 Å². The summed E-state index contributed by atoms with van der Waals surface area (Å²) in [6.45, 7) is 6.50. The van der Waals surface area contributed by atoms with Gasteiger partial charge in [0.05, 0.1) is 12.4 Å². The Morgan fingerprint density at radius 1 is 0.833 bits per heavy atom. The number of nitrogens with zero attached hydrogens (tertiary/aromatic N) is 2. The molecule has 0 amide bonds. The molecule has 0 fully saturated rings. The zero-order valence-electron chi connectivity index (χ0n) is 16.2. The molecule has 1 heterocycles. The van der Waals surface area contributed by atoms with Crippen LogP contribution in [0.15, 0.2) is 18.7 Å². The molecular weight excluding hydrogens is 296 g/mol. The largest absolute Gasteiger partial charge is 0.378 e. The predicted octanol–water partition coefficient (Wildman–Crippen LogP) is 6.38. The third-order valence-corrected chi connectivity index (χ3v) is 4.75. The molecule has 0 N–H and O–H groups in total. The minimum Gasteiger partial charge on any atom is -0.378 e. The van der Waals surface area contributed by atoms with Gasteiger partial charge in [-0.15, -0.1) is 0 Å². The molecule has 1 aromatic rings. The Labute approximate surface area is 150 Å². The Kier molecular flexibility index (Phi) is 13.9. The molecule has 1 aromatic heterocycles. The lowest BCUT2D eigenvalue weighted by Crippen LogP contribution is -2.16. The maximum absolute atomic E-state index is 6.20. The highest BCUT2D eigenvalue weighted by atomic mass is 16.5. The van der Waals surface area contributed by atoms with Crippen molar-refractivity contribution in [3.05, 3.63) is 18.7 Å². The van der Waals surface area contributed by atoms with Gasteiger partial charge in [0.25, 0.3) is 0 Å². The summed E-state index contributed by atoms with van der Waals surface area (Å²) in [5, 5.41) is 0. The molecule has 1 rings (SSSR count). The first-order valence-corrected chi connectivity index (χ1v) is 10.4. The normalized spacial score (nSPS) is 12.6. The van der Waals surface area contributed by atoms with Crippen molar-refractivity contribution in [3.8, 4) is 0 Å². The highest BCUT2D eigenvalue weighted by molar-refractivity contribution is 4.74. The molecule has 0 aromatic carbocycles. The average molecular weight is 337 g/mol. The van der Waals surface area contributed by atoms with Gasteiger partial charge in [-0.25, -0.2) is 4.98 Å². The minimum absolute atomic E-state index is 0.421. The van der Waals surface area contributed by atoms with Gasteiger partial charge in [0.1, 0.15) is 0 Å². The van der Waals surface area contributed by atoms with Crippen molar-refractivity contribution in [3.63, 3.8) is 0 Å². The number of ether oxygens (including phenoxy) is 1. The van der Waals surface area contributed by atoms with Crippen LogP contribution in [0.5, 0.6) is 0 Å². The summed E-state index contributed by atoms with van der Waals surface area (Å²) in [5.41, 5.74) is 0. The van der Waals surface area contributed by atoms with Gasteiger partial charge in [0.2, 0.25) is 0 Å². The number of imidazole rings is 1. The summed E-state index contributed by atoms with van der Waals surface area (Å²) < 4.78 is 8.36. The number of hydrogen-bond acceptors (Lipinski definition) is 2. The fourth-order valence-corrected chi connectivity index (χ4v) is 3.13. The van der Waals surface area contributed by atoms with E-state index in [-0.39, 0.29) is 0 Å². The van der Waals surface area contributed by atoms with Crippen molar-refractivity contribution in [2.45, 2.75) is 110 Å². The Hall–Kier alpha value is -0.830. The number of aromatic nitrogens is 2. The quantitative estimate of drug-likeness (QED) is 0.309. The van der Waals surface area contributed by atoms with Gasteiger partial charge in [-0.1, -0.05) is 78.1 Å². The van der Waals surface area contributed by atoms with Crippen LogP contribution >= 0.6 is 0 Å². The number of hydrogen-bond donors (Lipinski definition) is 0. The molecule has 0 saturated heterocycles. The van der Waals surface area contributed by atoms with E-state index in [4.69, 9.17) is 4.74 Å². The van der Waals surface area contributed by atoms with Crippen LogP contribution < -0.4 is 0 Å². The monoisotopic (exact) mass is 336 g/mol. The van der Waals surface area contributed by atoms with E-state index >= 15 is 0 Å². The molecule has 24 heavy (non-hydrogen) atoms. The standard InChI is InChI=1S/C21H40N2O/c1-3-5-7-9-10-11-12-14-21(24-19-13-8-6-4-2)15-17-23-18-16-22-20-23/h16,18,20-21H,3-15,17,19H2,1-2H3. The Morgan fingerprint density at radius 2 is 1.50 bits per heavy atom. The lowest BCUT2D eigenvalue weighted by Gasteiger charge is -2.18. The Balaban J connectivity index is 2.15. The Morgan fingerprint density at radius 3 is 2.17 bits per heavy atom. The zero-order chi connectivity index (χ0) is 17.3. The second-order valence-electron chi connectivity index (χ2n) is 7.05. The van der Waals surface area contributed by atoms with Crippen LogP contribution in [0.3, 0.4) is 0 Å². The number of unbranched alkanes of at least 4 members (excludes halogenated alkanes) is 9. The molecule has 0 radical (unpaired) electrons.